The number of rotatable bonds is 6. The highest BCUT2D eigenvalue weighted by molar-refractivity contribution is 5.85. The number of nitrogens with zero attached hydrogens (tertiary/aromatic N) is 1. The molecule has 0 saturated carbocycles. The number of aryl methyl sites for hydroxylation is 1. The second-order valence-electron chi connectivity index (χ2n) is 6.29. The molecular formula is C18H29ClN2O2. The van der Waals surface area contributed by atoms with Gasteiger partial charge in [-0.2, -0.15) is 0 Å². The monoisotopic (exact) mass is 340 g/mol. The van der Waals surface area contributed by atoms with Crippen molar-refractivity contribution < 1.29 is 9.53 Å². The molecule has 1 fully saturated rings. The van der Waals surface area contributed by atoms with Gasteiger partial charge in [-0.15, -0.1) is 12.4 Å². The first-order chi connectivity index (χ1) is 10.6. The summed E-state index contributed by atoms with van der Waals surface area (Å²) in [4.78, 5) is 14.1. The van der Waals surface area contributed by atoms with Crippen molar-refractivity contribution in [1.82, 2.24) is 10.2 Å². The minimum atomic E-state index is 0. The van der Waals surface area contributed by atoms with E-state index in [1.807, 2.05) is 31.0 Å². The van der Waals surface area contributed by atoms with Crippen molar-refractivity contribution in [2.75, 3.05) is 27.2 Å². The lowest BCUT2D eigenvalue weighted by atomic mass is 9.93. The molecule has 0 aliphatic carbocycles. The topological polar surface area (TPSA) is 41.6 Å². The van der Waals surface area contributed by atoms with E-state index in [9.17, 15) is 4.79 Å². The fraction of sp³-hybridized carbons (Fsp3) is 0.611. The van der Waals surface area contributed by atoms with E-state index in [-0.39, 0.29) is 18.3 Å². The number of hydrogen-bond acceptors (Lipinski definition) is 3. The molecule has 4 nitrogen and oxygen atoms in total. The SMILES string of the molecule is COc1ccc(CN(C)C(=O)CCC2CCNCC2)cc1C.Cl. The number of carbonyl (C=O) groups is 1. The number of carbonyl (C=O) groups excluding carboxylic acids is 1. The van der Waals surface area contributed by atoms with Gasteiger partial charge in [-0.1, -0.05) is 12.1 Å². The van der Waals surface area contributed by atoms with Gasteiger partial charge in [0.1, 0.15) is 5.75 Å². The molecule has 0 bridgehead atoms. The normalized spacial score (nSPS) is 14.9. The molecule has 1 heterocycles. The molecule has 1 aromatic rings. The van der Waals surface area contributed by atoms with Gasteiger partial charge in [0.2, 0.25) is 5.91 Å². The predicted molar refractivity (Wildman–Crippen MR) is 96.3 cm³/mol. The molecule has 0 aromatic heterocycles. The molecule has 1 N–H and O–H groups in total. The van der Waals surface area contributed by atoms with Gasteiger partial charge in [-0.25, -0.2) is 0 Å². The van der Waals surface area contributed by atoms with Crippen LogP contribution in [0.3, 0.4) is 0 Å². The summed E-state index contributed by atoms with van der Waals surface area (Å²) in [5.41, 5.74) is 2.26. The summed E-state index contributed by atoms with van der Waals surface area (Å²) in [6.07, 6.45) is 4.09. The van der Waals surface area contributed by atoms with Crippen LogP contribution in [0.1, 0.15) is 36.8 Å². The average Bonchev–Trinajstić information content (AvgIpc) is 2.53. The van der Waals surface area contributed by atoms with Gasteiger partial charge in [-0.3, -0.25) is 4.79 Å². The Kier molecular flexibility index (Phi) is 8.42. The largest absolute Gasteiger partial charge is 0.496 e. The van der Waals surface area contributed by atoms with Crippen molar-refractivity contribution in [2.45, 2.75) is 39.2 Å². The predicted octanol–water partition coefficient (Wildman–Crippen LogP) is 3.16. The van der Waals surface area contributed by atoms with Crippen LogP contribution in [0.25, 0.3) is 0 Å². The van der Waals surface area contributed by atoms with E-state index < -0.39 is 0 Å². The molecule has 130 valence electrons. The van der Waals surface area contributed by atoms with Gasteiger partial charge in [0.15, 0.2) is 0 Å². The Bertz CT molecular complexity index is 502. The fourth-order valence-corrected chi connectivity index (χ4v) is 3.09. The zero-order valence-corrected chi connectivity index (χ0v) is 15.2. The molecule has 23 heavy (non-hydrogen) atoms. The number of halogens is 1. The lowest BCUT2D eigenvalue weighted by molar-refractivity contribution is -0.130. The number of nitrogens with one attached hydrogen (secondary N) is 1. The number of hydrogen-bond donors (Lipinski definition) is 1. The third kappa shape index (κ3) is 6.04. The van der Waals surface area contributed by atoms with Crippen LogP contribution in [0.15, 0.2) is 18.2 Å². The standard InChI is InChI=1S/C18H28N2O2.ClH/c1-14-12-16(4-6-17(14)22-3)13-20(2)18(21)7-5-15-8-10-19-11-9-15;/h4,6,12,15,19H,5,7-11,13H2,1-3H3;1H. The highest BCUT2D eigenvalue weighted by Gasteiger charge is 2.16. The highest BCUT2D eigenvalue weighted by Crippen LogP contribution is 2.21. The van der Waals surface area contributed by atoms with E-state index in [0.29, 0.717) is 18.9 Å². The summed E-state index contributed by atoms with van der Waals surface area (Å²) < 4.78 is 5.27. The first-order valence-corrected chi connectivity index (χ1v) is 8.18. The van der Waals surface area contributed by atoms with Crippen LogP contribution in [-0.4, -0.2) is 38.1 Å². The van der Waals surface area contributed by atoms with E-state index in [4.69, 9.17) is 4.74 Å². The van der Waals surface area contributed by atoms with Gasteiger partial charge in [-0.05, 0) is 62.4 Å². The fourth-order valence-electron chi connectivity index (χ4n) is 3.09. The van der Waals surface area contributed by atoms with Crippen LogP contribution >= 0.6 is 12.4 Å². The molecule has 1 saturated heterocycles. The van der Waals surface area contributed by atoms with E-state index in [1.165, 1.54) is 12.8 Å². The maximum Gasteiger partial charge on any atom is 0.222 e. The van der Waals surface area contributed by atoms with Crippen LogP contribution in [0.2, 0.25) is 0 Å². The lowest BCUT2D eigenvalue weighted by Gasteiger charge is -2.24. The second-order valence-corrected chi connectivity index (χ2v) is 6.29. The Labute approximate surface area is 146 Å². The van der Waals surface area contributed by atoms with Crippen molar-refractivity contribution in [3.63, 3.8) is 0 Å². The summed E-state index contributed by atoms with van der Waals surface area (Å²) in [5.74, 6) is 1.84. The maximum atomic E-state index is 12.3. The molecule has 1 aliphatic rings. The third-order valence-electron chi connectivity index (χ3n) is 4.53. The van der Waals surface area contributed by atoms with Gasteiger partial charge in [0.05, 0.1) is 7.11 Å². The number of benzene rings is 1. The third-order valence-corrected chi connectivity index (χ3v) is 4.53. The Morgan fingerprint density at radius 2 is 2.04 bits per heavy atom. The van der Waals surface area contributed by atoms with Gasteiger partial charge in [0.25, 0.3) is 0 Å². The van der Waals surface area contributed by atoms with Crippen LogP contribution in [-0.2, 0) is 11.3 Å². The zero-order chi connectivity index (χ0) is 15.9. The van der Waals surface area contributed by atoms with Gasteiger partial charge in [0, 0.05) is 20.0 Å². The molecule has 0 unspecified atom stereocenters. The molecule has 0 atom stereocenters. The van der Waals surface area contributed by atoms with Crippen molar-refractivity contribution in [3.8, 4) is 5.75 Å². The Balaban J connectivity index is 0.00000264. The van der Waals surface area contributed by atoms with Crippen molar-refractivity contribution in [1.29, 1.82) is 0 Å². The molecular weight excluding hydrogens is 312 g/mol. The van der Waals surface area contributed by atoms with Gasteiger partial charge < -0.3 is 15.0 Å². The van der Waals surface area contributed by atoms with E-state index in [0.717, 1.165) is 36.4 Å². The quantitative estimate of drug-likeness (QED) is 0.864. The minimum Gasteiger partial charge on any atom is -0.496 e. The van der Waals surface area contributed by atoms with Crippen molar-refractivity contribution in [2.24, 2.45) is 5.92 Å². The minimum absolute atomic E-state index is 0. The number of piperidine rings is 1. The molecule has 0 spiro atoms. The Hall–Kier alpha value is -1.26. The zero-order valence-electron chi connectivity index (χ0n) is 14.4. The average molecular weight is 341 g/mol. The summed E-state index contributed by atoms with van der Waals surface area (Å²) in [6.45, 7) is 4.89. The number of methoxy groups -OCH3 is 1. The van der Waals surface area contributed by atoms with Crippen LogP contribution < -0.4 is 10.1 Å². The highest BCUT2D eigenvalue weighted by atomic mass is 35.5. The van der Waals surface area contributed by atoms with Crippen LogP contribution in [0.4, 0.5) is 0 Å². The maximum absolute atomic E-state index is 12.3. The molecule has 0 radical (unpaired) electrons. The molecule has 1 amide bonds. The van der Waals surface area contributed by atoms with Crippen LogP contribution in [0, 0.1) is 12.8 Å². The molecule has 1 aliphatic heterocycles. The summed E-state index contributed by atoms with van der Waals surface area (Å²) in [6, 6.07) is 6.09. The van der Waals surface area contributed by atoms with Crippen LogP contribution in [0.5, 0.6) is 5.75 Å². The van der Waals surface area contributed by atoms with Crippen molar-refractivity contribution >= 4 is 18.3 Å². The second kappa shape index (κ2) is 9.78. The Morgan fingerprint density at radius 1 is 1.35 bits per heavy atom. The lowest BCUT2D eigenvalue weighted by Crippen LogP contribution is -2.30. The number of ether oxygens (including phenoxy) is 1. The smallest absolute Gasteiger partial charge is 0.222 e. The molecule has 2 rings (SSSR count). The number of amides is 1. The summed E-state index contributed by atoms with van der Waals surface area (Å²) >= 11 is 0. The molecule has 1 aromatic carbocycles. The summed E-state index contributed by atoms with van der Waals surface area (Å²) in [5, 5.41) is 3.37. The van der Waals surface area contributed by atoms with Gasteiger partial charge >= 0.3 is 0 Å². The molecule has 5 heteroatoms. The van der Waals surface area contributed by atoms with E-state index in [2.05, 4.69) is 11.4 Å². The van der Waals surface area contributed by atoms with Crippen molar-refractivity contribution in [3.05, 3.63) is 29.3 Å². The first kappa shape index (κ1) is 19.8. The van der Waals surface area contributed by atoms with E-state index >= 15 is 0 Å². The Morgan fingerprint density at radius 3 is 2.65 bits per heavy atom. The first-order valence-electron chi connectivity index (χ1n) is 8.18. The summed E-state index contributed by atoms with van der Waals surface area (Å²) in [7, 11) is 3.57. The van der Waals surface area contributed by atoms with E-state index in [1.54, 1.807) is 7.11 Å².